The smallest absolute Gasteiger partial charge is 0.0235 e. The predicted octanol–water partition coefficient (Wildman–Crippen LogP) is 2.31. The van der Waals surface area contributed by atoms with Crippen molar-refractivity contribution in [3.05, 3.63) is 0 Å². The molecule has 2 atom stereocenters. The van der Waals surface area contributed by atoms with Gasteiger partial charge < -0.3 is 10.6 Å². The van der Waals surface area contributed by atoms with Crippen LogP contribution in [0.2, 0.25) is 0 Å². The fourth-order valence-corrected chi connectivity index (χ4v) is 4.03. The second-order valence-electron chi connectivity index (χ2n) is 6.49. The molecule has 2 N–H and O–H groups in total. The molecule has 0 bridgehead atoms. The lowest BCUT2D eigenvalue weighted by Crippen LogP contribution is -2.44. The third-order valence-electron chi connectivity index (χ3n) is 5.30. The van der Waals surface area contributed by atoms with Crippen molar-refractivity contribution in [1.82, 2.24) is 9.80 Å². The number of rotatable bonds is 6. The van der Waals surface area contributed by atoms with Gasteiger partial charge in [-0.15, -0.1) is 0 Å². The summed E-state index contributed by atoms with van der Waals surface area (Å²) < 4.78 is 0. The summed E-state index contributed by atoms with van der Waals surface area (Å²) in [5.74, 6) is 0.793. The molecule has 3 heteroatoms. The second-order valence-corrected chi connectivity index (χ2v) is 6.49. The maximum Gasteiger partial charge on any atom is 0.0235 e. The summed E-state index contributed by atoms with van der Waals surface area (Å²) in [6.07, 6.45) is 8.31. The first-order valence-electron chi connectivity index (χ1n) is 8.46. The molecule has 0 spiro atoms. The summed E-state index contributed by atoms with van der Waals surface area (Å²) in [6.45, 7) is 10.5. The van der Waals surface area contributed by atoms with Gasteiger partial charge in [0.05, 0.1) is 0 Å². The molecule has 2 fully saturated rings. The maximum atomic E-state index is 6.46. The molecule has 1 saturated heterocycles. The van der Waals surface area contributed by atoms with E-state index in [4.69, 9.17) is 5.73 Å². The van der Waals surface area contributed by atoms with Gasteiger partial charge in [0.15, 0.2) is 0 Å². The van der Waals surface area contributed by atoms with E-state index < -0.39 is 0 Å². The number of hydrogen-bond donors (Lipinski definition) is 1. The molecular weight excluding hydrogens is 234 g/mol. The van der Waals surface area contributed by atoms with Crippen LogP contribution in [0.25, 0.3) is 0 Å². The van der Waals surface area contributed by atoms with Crippen molar-refractivity contribution in [3.8, 4) is 0 Å². The van der Waals surface area contributed by atoms with Gasteiger partial charge >= 0.3 is 0 Å². The second kappa shape index (κ2) is 7.61. The molecule has 2 aliphatic rings. The lowest BCUT2D eigenvalue weighted by atomic mass is 9.84. The van der Waals surface area contributed by atoms with E-state index in [-0.39, 0.29) is 0 Å². The Morgan fingerprint density at radius 3 is 2.42 bits per heavy atom. The van der Waals surface area contributed by atoms with Crippen molar-refractivity contribution in [2.24, 2.45) is 11.7 Å². The summed E-state index contributed by atoms with van der Waals surface area (Å²) >= 11 is 0. The molecule has 0 aromatic heterocycles. The van der Waals surface area contributed by atoms with E-state index in [2.05, 4.69) is 23.6 Å². The lowest BCUT2D eigenvalue weighted by Gasteiger charge is -2.31. The molecule has 112 valence electrons. The van der Waals surface area contributed by atoms with Crippen LogP contribution in [0.4, 0.5) is 0 Å². The Hall–Kier alpha value is -0.120. The van der Waals surface area contributed by atoms with Crippen molar-refractivity contribution in [1.29, 1.82) is 0 Å². The Labute approximate surface area is 119 Å². The molecule has 1 aliphatic carbocycles. The normalized spacial score (nSPS) is 28.1. The largest absolute Gasteiger partial charge is 0.326 e. The highest BCUT2D eigenvalue weighted by Crippen LogP contribution is 2.26. The number of likely N-dealkylation sites (tertiary alicyclic amines) is 1. The average Bonchev–Trinajstić information content (AvgIpc) is 2.89. The van der Waals surface area contributed by atoms with Crippen LogP contribution >= 0.6 is 0 Å². The van der Waals surface area contributed by atoms with E-state index in [9.17, 15) is 0 Å². The van der Waals surface area contributed by atoms with Crippen molar-refractivity contribution in [2.75, 3.05) is 32.7 Å². The highest BCUT2D eigenvalue weighted by atomic mass is 15.3. The van der Waals surface area contributed by atoms with Crippen LogP contribution in [0.15, 0.2) is 0 Å². The van der Waals surface area contributed by atoms with E-state index >= 15 is 0 Å². The molecule has 2 unspecified atom stereocenters. The van der Waals surface area contributed by atoms with Gasteiger partial charge in [-0.2, -0.15) is 0 Å². The number of likely N-dealkylation sites (N-methyl/N-ethyl adjacent to an activating group) is 1. The zero-order valence-electron chi connectivity index (χ0n) is 13.0. The van der Waals surface area contributed by atoms with Crippen molar-refractivity contribution >= 4 is 0 Å². The van der Waals surface area contributed by atoms with Crippen molar-refractivity contribution < 1.29 is 0 Å². The average molecular weight is 267 g/mol. The monoisotopic (exact) mass is 267 g/mol. The van der Waals surface area contributed by atoms with Gasteiger partial charge in [0, 0.05) is 25.2 Å². The van der Waals surface area contributed by atoms with Gasteiger partial charge in [-0.3, -0.25) is 4.90 Å². The minimum Gasteiger partial charge on any atom is -0.326 e. The minimum atomic E-state index is 0.413. The molecule has 2 rings (SSSR count). The van der Waals surface area contributed by atoms with E-state index in [1.807, 2.05) is 0 Å². The standard InChI is InChI=1S/C16H33N3/c1-3-19(4-2)15-10-11-18(12-15)13-16(17)14-8-6-5-7-9-14/h14-16H,3-13,17H2,1-2H3. The van der Waals surface area contributed by atoms with Crippen LogP contribution in [-0.2, 0) is 0 Å². The van der Waals surface area contributed by atoms with Crippen LogP contribution in [0.3, 0.4) is 0 Å². The first kappa shape index (κ1) is 15.3. The SMILES string of the molecule is CCN(CC)C1CCN(CC(N)C2CCCCC2)C1. The summed E-state index contributed by atoms with van der Waals surface area (Å²) in [5.41, 5.74) is 6.46. The Balaban J connectivity index is 1.74. The van der Waals surface area contributed by atoms with Gasteiger partial charge in [-0.25, -0.2) is 0 Å². The highest BCUT2D eigenvalue weighted by Gasteiger charge is 2.29. The molecule has 0 aromatic rings. The molecule has 0 amide bonds. The van der Waals surface area contributed by atoms with Crippen LogP contribution in [0.5, 0.6) is 0 Å². The topological polar surface area (TPSA) is 32.5 Å². The third-order valence-corrected chi connectivity index (χ3v) is 5.30. The molecule has 1 heterocycles. The first-order valence-corrected chi connectivity index (χ1v) is 8.46. The molecule has 1 saturated carbocycles. The number of hydrogen-bond acceptors (Lipinski definition) is 3. The van der Waals surface area contributed by atoms with Crippen LogP contribution < -0.4 is 5.73 Å². The Kier molecular flexibility index (Phi) is 6.11. The van der Waals surface area contributed by atoms with Crippen LogP contribution in [0.1, 0.15) is 52.4 Å². The molecule has 0 aromatic carbocycles. The summed E-state index contributed by atoms with van der Waals surface area (Å²) in [6, 6.07) is 1.18. The summed E-state index contributed by atoms with van der Waals surface area (Å²) in [5, 5.41) is 0. The van der Waals surface area contributed by atoms with Crippen LogP contribution in [0, 0.1) is 5.92 Å². The number of nitrogens with zero attached hydrogens (tertiary/aromatic N) is 2. The van der Waals surface area contributed by atoms with E-state index in [0.29, 0.717) is 6.04 Å². The Bertz CT molecular complexity index is 246. The van der Waals surface area contributed by atoms with E-state index in [0.717, 1.165) is 18.5 Å². The molecule has 19 heavy (non-hydrogen) atoms. The molecular formula is C16H33N3. The summed E-state index contributed by atoms with van der Waals surface area (Å²) in [4.78, 5) is 5.22. The molecule has 0 radical (unpaired) electrons. The predicted molar refractivity (Wildman–Crippen MR) is 82.3 cm³/mol. The van der Waals surface area contributed by atoms with Gasteiger partial charge in [0.1, 0.15) is 0 Å². The quantitative estimate of drug-likeness (QED) is 0.801. The van der Waals surface area contributed by atoms with Gasteiger partial charge in [0.25, 0.3) is 0 Å². The number of nitrogens with two attached hydrogens (primary N) is 1. The molecule has 3 nitrogen and oxygen atoms in total. The highest BCUT2D eigenvalue weighted by molar-refractivity contribution is 4.86. The van der Waals surface area contributed by atoms with Gasteiger partial charge in [-0.1, -0.05) is 33.1 Å². The minimum absolute atomic E-state index is 0.413. The van der Waals surface area contributed by atoms with E-state index in [1.165, 1.54) is 64.7 Å². The maximum absolute atomic E-state index is 6.46. The zero-order chi connectivity index (χ0) is 13.7. The van der Waals surface area contributed by atoms with Crippen molar-refractivity contribution in [2.45, 2.75) is 64.5 Å². The molecule has 1 aliphatic heterocycles. The van der Waals surface area contributed by atoms with Gasteiger partial charge in [0.2, 0.25) is 0 Å². The Morgan fingerprint density at radius 2 is 1.79 bits per heavy atom. The zero-order valence-corrected chi connectivity index (χ0v) is 13.0. The fraction of sp³-hybridized carbons (Fsp3) is 1.00. The van der Waals surface area contributed by atoms with Crippen LogP contribution in [-0.4, -0.2) is 54.6 Å². The fourth-order valence-electron chi connectivity index (χ4n) is 4.03. The Morgan fingerprint density at radius 1 is 1.11 bits per heavy atom. The van der Waals surface area contributed by atoms with Gasteiger partial charge in [-0.05, 0) is 44.8 Å². The van der Waals surface area contributed by atoms with Crippen molar-refractivity contribution in [3.63, 3.8) is 0 Å². The third kappa shape index (κ3) is 4.17. The summed E-state index contributed by atoms with van der Waals surface area (Å²) in [7, 11) is 0. The van der Waals surface area contributed by atoms with E-state index in [1.54, 1.807) is 0 Å². The first-order chi connectivity index (χ1) is 9.24. The lowest BCUT2D eigenvalue weighted by molar-refractivity contribution is 0.194.